The zero-order valence-corrected chi connectivity index (χ0v) is 9.59. The van der Waals surface area contributed by atoms with Crippen molar-refractivity contribution in [3.8, 4) is 0 Å². The third-order valence-electron chi connectivity index (χ3n) is 1.94. The quantitative estimate of drug-likeness (QED) is 0.809. The van der Waals surface area contributed by atoms with Gasteiger partial charge in [0.1, 0.15) is 16.5 Å². The van der Waals surface area contributed by atoms with E-state index in [-0.39, 0.29) is 0 Å². The van der Waals surface area contributed by atoms with Gasteiger partial charge in [0.2, 0.25) is 15.9 Å². The van der Waals surface area contributed by atoms with Crippen LogP contribution in [-0.2, 0) is 14.8 Å². The van der Waals surface area contributed by atoms with Crippen LogP contribution >= 0.6 is 0 Å². The Hall–Kier alpha value is -1.54. The van der Waals surface area contributed by atoms with E-state index in [9.17, 15) is 22.0 Å². The molecule has 0 aliphatic rings. The summed E-state index contributed by atoms with van der Waals surface area (Å²) in [4.78, 5) is 9.82. The second-order valence-corrected chi connectivity index (χ2v) is 5.00. The molecule has 0 aliphatic heterocycles. The molecule has 1 unspecified atom stereocenters. The largest absolute Gasteiger partial charge is 0.368 e. The van der Waals surface area contributed by atoms with E-state index in [1.807, 2.05) is 4.72 Å². The molecular weight excluding hydrogens is 254 g/mol. The smallest absolute Gasteiger partial charge is 0.244 e. The van der Waals surface area contributed by atoms with E-state index in [4.69, 9.17) is 5.73 Å². The lowest BCUT2D eigenvalue weighted by Crippen LogP contribution is -2.42. The molecule has 94 valence electrons. The van der Waals surface area contributed by atoms with Gasteiger partial charge in [-0.3, -0.25) is 4.79 Å². The number of sulfonamides is 1. The normalized spacial score (nSPS) is 13.4. The van der Waals surface area contributed by atoms with Gasteiger partial charge < -0.3 is 5.73 Å². The maximum atomic E-state index is 13.2. The van der Waals surface area contributed by atoms with Crippen LogP contribution in [0.25, 0.3) is 0 Å². The fraction of sp³-hybridized carbons (Fsp3) is 0.222. The van der Waals surface area contributed by atoms with Crippen LogP contribution in [0.1, 0.15) is 6.92 Å². The minimum atomic E-state index is -4.32. The van der Waals surface area contributed by atoms with Gasteiger partial charge in [-0.1, -0.05) is 0 Å². The number of amides is 1. The molecule has 1 amide bonds. The maximum Gasteiger partial charge on any atom is 0.244 e. The van der Waals surface area contributed by atoms with Crippen LogP contribution in [0.15, 0.2) is 23.1 Å². The summed E-state index contributed by atoms with van der Waals surface area (Å²) in [6.45, 7) is 1.19. The molecule has 1 aromatic carbocycles. The van der Waals surface area contributed by atoms with Gasteiger partial charge in [0, 0.05) is 0 Å². The molecule has 0 radical (unpaired) electrons. The second kappa shape index (κ2) is 4.76. The van der Waals surface area contributed by atoms with Gasteiger partial charge in [-0.15, -0.1) is 0 Å². The Labute approximate surface area is 96.7 Å². The highest BCUT2D eigenvalue weighted by Gasteiger charge is 2.23. The summed E-state index contributed by atoms with van der Waals surface area (Å²) >= 11 is 0. The van der Waals surface area contributed by atoms with Crippen LogP contribution in [0.4, 0.5) is 8.78 Å². The van der Waals surface area contributed by atoms with Gasteiger partial charge >= 0.3 is 0 Å². The fourth-order valence-corrected chi connectivity index (χ4v) is 2.34. The molecule has 17 heavy (non-hydrogen) atoms. The predicted molar refractivity (Wildman–Crippen MR) is 55.3 cm³/mol. The van der Waals surface area contributed by atoms with Gasteiger partial charge in [-0.25, -0.2) is 17.2 Å². The summed E-state index contributed by atoms with van der Waals surface area (Å²) in [6.07, 6.45) is 0. The van der Waals surface area contributed by atoms with Gasteiger partial charge in [0.15, 0.2) is 0 Å². The van der Waals surface area contributed by atoms with E-state index in [0.717, 1.165) is 6.07 Å². The van der Waals surface area contributed by atoms with Gasteiger partial charge in [0.25, 0.3) is 0 Å². The molecule has 0 saturated heterocycles. The molecule has 8 heteroatoms. The number of rotatable bonds is 4. The van der Waals surface area contributed by atoms with Crippen molar-refractivity contribution >= 4 is 15.9 Å². The predicted octanol–water partition coefficient (Wildman–Crippen LogP) is 0.117. The Kier molecular flexibility index (Phi) is 3.79. The van der Waals surface area contributed by atoms with Crippen LogP contribution in [-0.4, -0.2) is 20.4 Å². The van der Waals surface area contributed by atoms with E-state index in [1.165, 1.54) is 6.92 Å². The molecular formula is C9H10F2N2O3S. The zero-order valence-electron chi connectivity index (χ0n) is 8.78. The van der Waals surface area contributed by atoms with Crippen LogP contribution in [0, 0.1) is 11.6 Å². The number of nitrogens with two attached hydrogens (primary N) is 1. The lowest BCUT2D eigenvalue weighted by atomic mass is 10.3. The number of carbonyl (C=O) groups is 1. The molecule has 1 aromatic rings. The summed E-state index contributed by atoms with van der Waals surface area (Å²) in [5.74, 6) is -2.94. The lowest BCUT2D eigenvalue weighted by molar-refractivity contribution is -0.119. The van der Waals surface area contributed by atoms with Gasteiger partial charge in [-0.05, 0) is 25.1 Å². The zero-order chi connectivity index (χ0) is 13.2. The fourth-order valence-electron chi connectivity index (χ4n) is 1.04. The first-order valence-electron chi connectivity index (χ1n) is 4.51. The SMILES string of the molecule is CC(NS(=O)(=O)c1cc(F)ccc1F)C(N)=O. The first-order valence-corrected chi connectivity index (χ1v) is 5.99. The van der Waals surface area contributed by atoms with Crippen LogP contribution in [0.2, 0.25) is 0 Å². The topological polar surface area (TPSA) is 89.3 Å². The Bertz CT molecular complexity index is 545. The monoisotopic (exact) mass is 264 g/mol. The minimum Gasteiger partial charge on any atom is -0.368 e. The number of nitrogens with one attached hydrogen (secondary N) is 1. The summed E-state index contributed by atoms with van der Waals surface area (Å²) in [6, 6.07) is 0.762. The summed E-state index contributed by atoms with van der Waals surface area (Å²) in [5, 5.41) is 0. The van der Waals surface area contributed by atoms with Crippen LogP contribution in [0.5, 0.6) is 0 Å². The molecule has 1 rings (SSSR count). The van der Waals surface area contributed by atoms with E-state index in [2.05, 4.69) is 0 Å². The van der Waals surface area contributed by atoms with Crippen molar-refractivity contribution in [1.29, 1.82) is 0 Å². The third kappa shape index (κ3) is 3.21. The number of hydrogen-bond donors (Lipinski definition) is 2. The van der Waals surface area contributed by atoms with Crippen LogP contribution < -0.4 is 10.5 Å². The Balaban J connectivity index is 3.13. The highest BCUT2D eigenvalue weighted by atomic mass is 32.2. The summed E-state index contributed by atoms with van der Waals surface area (Å²) in [5.41, 5.74) is 4.86. The lowest BCUT2D eigenvalue weighted by Gasteiger charge is -2.11. The van der Waals surface area contributed by atoms with E-state index in [0.29, 0.717) is 12.1 Å². The molecule has 0 aliphatic carbocycles. The standard InChI is InChI=1S/C9H10F2N2O3S/c1-5(9(12)14)13-17(15,16)8-4-6(10)2-3-7(8)11/h2-5,13H,1H3,(H2,12,14). The van der Waals surface area contributed by atoms with Crippen molar-refractivity contribution in [3.05, 3.63) is 29.8 Å². The maximum absolute atomic E-state index is 13.2. The summed E-state index contributed by atoms with van der Waals surface area (Å²) in [7, 11) is -4.32. The Morgan fingerprint density at radius 1 is 1.41 bits per heavy atom. The number of carbonyl (C=O) groups excluding carboxylic acids is 1. The van der Waals surface area contributed by atoms with E-state index < -0.39 is 38.5 Å². The van der Waals surface area contributed by atoms with Crippen molar-refractivity contribution in [3.63, 3.8) is 0 Å². The average molecular weight is 264 g/mol. The van der Waals surface area contributed by atoms with Gasteiger partial charge in [0.05, 0.1) is 6.04 Å². The third-order valence-corrected chi connectivity index (χ3v) is 3.50. The van der Waals surface area contributed by atoms with Crippen LogP contribution in [0.3, 0.4) is 0 Å². The molecule has 5 nitrogen and oxygen atoms in total. The van der Waals surface area contributed by atoms with Crippen molar-refractivity contribution in [2.45, 2.75) is 17.9 Å². The number of primary amides is 1. The number of halogens is 2. The average Bonchev–Trinajstić information content (AvgIpc) is 2.20. The molecule has 0 fully saturated rings. The molecule has 0 spiro atoms. The number of hydrogen-bond acceptors (Lipinski definition) is 3. The second-order valence-electron chi connectivity index (χ2n) is 3.32. The minimum absolute atomic E-state index is 0.519. The highest BCUT2D eigenvalue weighted by Crippen LogP contribution is 2.15. The first kappa shape index (κ1) is 13.5. The molecule has 3 N–H and O–H groups in total. The molecule has 0 aromatic heterocycles. The molecule has 0 bridgehead atoms. The number of benzene rings is 1. The Morgan fingerprint density at radius 3 is 2.53 bits per heavy atom. The first-order chi connectivity index (χ1) is 7.74. The van der Waals surface area contributed by atoms with Gasteiger partial charge in [-0.2, -0.15) is 4.72 Å². The molecule has 0 saturated carbocycles. The summed E-state index contributed by atoms with van der Waals surface area (Å²) < 4.78 is 51.1. The Morgan fingerprint density at radius 2 is 2.00 bits per heavy atom. The highest BCUT2D eigenvalue weighted by molar-refractivity contribution is 7.89. The van der Waals surface area contributed by atoms with E-state index >= 15 is 0 Å². The van der Waals surface area contributed by atoms with Crippen molar-refractivity contribution in [2.24, 2.45) is 5.73 Å². The van der Waals surface area contributed by atoms with Crippen molar-refractivity contribution in [1.82, 2.24) is 4.72 Å². The molecule has 1 atom stereocenters. The van der Waals surface area contributed by atoms with Crippen molar-refractivity contribution < 1.29 is 22.0 Å². The molecule has 0 heterocycles. The van der Waals surface area contributed by atoms with E-state index in [1.54, 1.807) is 0 Å². The van der Waals surface area contributed by atoms with Crippen molar-refractivity contribution in [2.75, 3.05) is 0 Å².